The van der Waals surface area contributed by atoms with Crippen molar-refractivity contribution >= 4 is 23.5 Å². The Bertz CT molecular complexity index is 1230. The second-order valence-corrected chi connectivity index (χ2v) is 10.9. The van der Waals surface area contributed by atoms with Gasteiger partial charge in [0.05, 0.1) is 0 Å². The summed E-state index contributed by atoms with van der Waals surface area (Å²) in [7, 11) is -4.15. The Morgan fingerprint density at radius 3 is 1.71 bits per heavy atom. The highest BCUT2D eigenvalue weighted by atomic mass is 31.2. The predicted octanol–water partition coefficient (Wildman–Crippen LogP) is 6.51. The van der Waals surface area contributed by atoms with Gasteiger partial charge in [0.2, 0.25) is 18.2 Å². The number of carbonyl (C=O) groups is 2. The molecule has 160 valence electrons. The third-order valence-corrected chi connectivity index (χ3v) is 9.33. The number of hydrogen-bond donors (Lipinski definition) is 0. The molecule has 0 saturated carbocycles. The summed E-state index contributed by atoms with van der Waals surface area (Å²) < 4.78 is 14.7. The van der Waals surface area contributed by atoms with Gasteiger partial charge in [-0.1, -0.05) is 48.5 Å². The van der Waals surface area contributed by atoms with Crippen molar-refractivity contribution in [3.63, 3.8) is 0 Å². The van der Waals surface area contributed by atoms with Crippen molar-refractivity contribution in [3.8, 4) is 0 Å². The fourth-order valence-electron chi connectivity index (χ4n) is 4.05. The van der Waals surface area contributed by atoms with Gasteiger partial charge < -0.3 is 4.57 Å². The predicted molar refractivity (Wildman–Crippen MR) is 128 cm³/mol. The molecule has 0 N–H and O–H groups in total. The van der Waals surface area contributed by atoms with E-state index in [9.17, 15) is 14.2 Å². The summed E-state index contributed by atoms with van der Waals surface area (Å²) in [5, 5.41) is 0.340. The average molecular weight is 433 g/mol. The van der Waals surface area contributed by atoms with Gasteiger partial charge in [-0.15, -0.1) is 0 Å². The van der Waals surface area contributed by atoms with Crippen LogP contribution in [0.15, 0.2) is 48.5 Å². The molecule has 3 aromatic rings. The smallest absolute Gasteiger partial charge is 0.248 e. The maximum Gasteiger partial charge on any atom is 0.248 e. The first-order valence-corrected chi connectivity index (χ1v) is 12.1. The van der Waals surface area contributed by atoms with E-state index < -0.39 is 18.2 Å². The van der Waals surface area contributed by atoms with Crippen LogP contribution < -0.4 is 5.30 Å². The summed E-state index contributed by atoms with van der Waals surface area (Å²) in [6, 6.07) is 14.1. The summed E-state index contributed by atoms with van der Waals surface area (Å²) in [5.41, 5.74) is 5.67. The van der Waals surface area contributed by atoms with Gasteiger partial charge in [0.25, 0.3) is 0 Å². The normalized spacial score (nSPS) is 13.0. The van der Waals surface area contributed by atoms with E-state index in [1.807, 2.05) is 60.6 Å². The van der Waals surface area contributed by atoms with Crippen LogP contribution in [0.25, 0.3) is 0 Å². The lowest BCUT2D eigenvalue weighted by molar-refractivity contribution is 0.104. The van der Waals surface area contributed by atoms with Crippen molar-refractivity contribution in [2.24, 2.45) is 0 Å². The number of rotatable bonds is 5. The van der Waals surface area contributed by atoms with Crippen LogP contribution in [0.1, 0.15) is 59.7 Å². The van der Waals surface area contributed by atoms with Crippen LogP contribution in [0.2, 0.25) is 0 Å². The van der Waals surface area contributed by atoms with E-state index in [0.717, 1.165) is 38.9 Å². The number of aryl methyl sites for hydroxylation is 3. The molecule has 1 unspecified atom stereocenters. The molecule has 0 saturated heterocycles. The lowest BCUT2D eigenvalue weighted by atomic mass is 9.95. The zero-order chi connectivity index (χ0) is 23.1. The van der Waals surface area contributed by atoms with Crippen molar-refractivity contribution in [1.29, 1.82) is 0 Å². The Morgan fingerprint density at radius 1 is 0.613 bits per heavy atom. The third kappa shape index (κ3) is 3.72. The zero-order valence-electron chi connectivity index (χ0n) is 19.3. The van der Waals surface area contributed by atoms with Gasteiger partial charge in [-0.05, 0) is 87.4 Å². The van der Waals surface area contributed by atoms with Crippen molar-refractivity contribution in [1.82, 2.24) is 0 Å². The third-order valence-electron chi connectivity index (χ3n) is 6.54. The molecule has 0 aliphatic rings. The van der Waals surface area contributed by atoms with Crippen LogP contribution in [0, 0.1) is 48.5 Å². The molecule has 3 rings (SSSR count). The molecule has 0 aliphatic carbocycles. The Kier molecular flexibility index (Phi) is 6.21. The van der Waals surface area contributed by atoms with Crippen molar-refractivity contribution in [2.75, 3.05) is 0 Å². The maximum atomic E-state index is 14.7. The molecule has 0 spiro atoms. The first kappa shape index (κ1) is 22.9. The van der Waals surface area contributed by atoms with E-state index in [4.69, 9.17) is 0 Å². The first-order chi connectivity index (χ1) is 14.5. The molecule has 0 aromatic heterocycles. The highest BCUT2D eigenvalue weighted by molar-refractivity contribution is 8.01. The van der Waals surface area contributed by atoms with Gasteiger partial charge >= 0.3 is 0 Å². The molecule has 1 atom stereocenters. The standard InChI is InChI=1S/C27H29O3P/c1-16-13-14-24(22(7)19(16)4)31(30,26(28)23-11-9-8-10-12-23)27(29)25-20(5)17(2)15-18(3)21(25)6/h8-15H,1-7H3. The summed E-state index contributed by atoms with van der Waals surface area (Å²) in [6.45, 7) is 13.3. The van der Waals surface area contributed by atoms with E-state index in [-0.39, 0.29) is 5.56 Å². The van der Waals surface area contributed by atoms with Crippen molar-refractivity contribution in [2.45, 2.75) is 48.5 Å². The van der Waals surface area contributed by atoms with Crippen LogP contribution >= 0.6 is 7.14 Å². The summed E-state index contributed by atoms with van der Waals surface area (Å²) in [4.78, 5) is 27.8. The molecule has 3 nitrogen and oxygen atoms in total. The quantitative estimate of drug-likeness (QED) is 0.432. The highest BCUT2D eigenvalue weighted by Gasteiger charge is 2.45. The lowest BCUT2D eigenvalue weighted by Gasteiger charge is -2.23. The van der Waals surface area contributed by atoms with Crippen LogP contribution in [0.4, 0.5) is 0 Å². The van der Waals surface area contributed by atoms with Gasteiger partial charge in [-0.25, -0.2) is 0 Å². The molecule has 4 heteroatoms. The molecule has 0 fully saturated rings. The van der Waals surface area contributed by atoms with Gasteiger partial charge in [0, 0.05) is 16.4 Å². The van der Waals surface area contributed by atoms with Gasteiger partial charge in [-0.2, -0.15) is 0 Å². The monoisotopic (exact) mass is 432 g/mol. The van der Waals surface area contributed by atoms with E-state index in [1.54, 1.807) is 36.4 Å². The van der Waals surface area contributed by atoms with Crippen LogP contribution in [0.5, 0.6) is 0 Å². The van der Waals surface area contributed by atoms with Crippen molar-refractivity contribution in [3.05, 3.63) is 98.6 Å². The zero-order valence-corrected chi connectivity index (χ0v) is 20.2. The molecule has 0 aliphatic heterocycles. The number of carbonyl (C=O) groups excluding carboxylic acids is 2. The minimum Gasteiger partial charge on any atom is -0.302 e. The minimum atomic E-state index is -4.15. The van der Waals surface area contributed by atoms with Gasteiger partial charge in [0.15, 0.2) is 0 Å². The topological polar surface area (TPSA) is 51.2 Å². The lowest BCUT2D eigenvalue weighted by Crippen LogP contribution is -2.24. The fourth-order valence-corrected chi connectivity index (χ4v) is 6.76. The first-order valence-electron chi connectivity index (χ1n) is 10.4. The molecule has 31 heavy (non-hydrogen) atoms. The largest absolute Gasteiger partial charge is 0.302 e. The second kappa shape index (κ2) is 8.40. The summed E-state index contributed by atoms with van der Waals surface area (Å²) in [5.74, 6) is 0. The molecule has 3 aromatic carbocycles. The summed E-state index contributed by atoms with van der Waals surface area (Å²) in [6.07, 6.45) is 0. The minimum absolute atomic E-state index is 0.288. The van der Waals surface area contributed by atoms with Gasteiger partial charge in [0.1, 0.15) is 0 Å². The molecule has 0 bridgehead atoms. The number of hydrogen-bond acceptors (Lipinski definition) is 3. The van der Waals surface area contributed by atoms with E-state index in [1.165, 1.54) is 0 Å². The second-order valence-electron chi connectivity index (χ2n) is 8.37. The van der Waals surface area contributed by atoms with Crippen LogP contribution in [0.3, 0.4) is 0 Å². The number of benzene rings is 3. The average Bonchev–Trinajstić information content (AvgIpc) is 2.76. The Labute approximate surface area is 184 Å². The molecule has 0 radical (unpaired) electrons. The fraction of sp³-hybridized carbons (Fsp3) is 0.259. The SMILES string of the molecule is Cc1ccc(P(=O)(C(=O)c2ccccc2)C(=O)c2c(C)c(C)cc(C)c2C)c(C)c1C. The highest BCUT2D eigenvalue weighted by Crippen LogP contribution is 2.53. The van der Waals surface area contributed by atoms with Gasteiger partial charge in [-0.3, -0.25) is 9.59 Å². The summed E-state index contributed by atoms with van der Waals surface area (Å²) >= 11 is 0. The van der Waals surface area contributed by atoms with E-state index in [0.29, 0.717) is 10.9 Å². The molecule has 0 heterocycles. The molecular weight excluding hydrogens is 403 g/mol. The Balaban J connectivity index is 2.39. The van der Waals surface area contributed by atoms with Crippen LogP contribution in [-0.2, 0) is 4.57 Å². The molecular formula is C27H29O3P. The Morgan fingerprint density at radius 2 is 1.16 bits per heavy atom. The van der Waals surface area contributed by atoms with E-state index >= 15 is 0 Å². The van der Waals surface area contributed by atoms with E-state index in [2.05, 4.69) is 0 Å². The van der Waals surface area contributed by atoms with Crippen molar-refractivity contribution < 1.29 is 14.2 Å². The van der Waals surface area contributed by atoms with Crippen LogP contribution in [-0.4, -0.2) is 11.0 Å². The Hall–Kier alpha value is -2.77. The molecule has 0 amide bonds. The maximum absolute atomic E-state index is 14.7.